The zero-order chi connectivity index (χ0) is 16.5. The van der Waals surface area contributed by atoms with E-state index in [0.29, 0.717) is 13.2 Å². The van der Waals surface area contributed by atoms with Gasteiger partial charge in [-0.3, -0.25) is 9.69 Å². The van der Waals surface area contributed by atoms with Crippen LogP contribution in [0.5, 0.6) is 0 Å². The first-order valence-corrected chi connectivity index (χ1v) is 8.80. The normalized spacial score (nSPS) is 19.0. The van der Waals surface area contributed by atoms with E-state index in [9.17, 15) is 4.79 Å². The van der Waals surface area contributed by atoms with E-state index in [1.165, 1.54) is 5.56 Å². The molecule has 0 aliphatic carbocycles. The fraction of sp³-hybridized carbons (Fsp3) is 0.632. The molecule has 4 nitrogen and oxygen atoms in total. The number of carbonyl (C=O) groups excluding carboxylic acids is 1. The molecule has 128 valence electrons. The van der Waals surface area contributed by atoms with Crippen LogP contribution in [0.1, 0.15) is 38.7 Å². The lowest BCUT2D eigenvalue weighted by Crippen LogP contribution is -2.43. The van der Waals surface area contributed by atoms with Crippen molar-refractivity contribution in [2.45, 2.75) is 45.8 Å². The van der Waals surface area contributed by atoms with Gasteiger partial charge in [0, 0.05) is 26.2 Å². The van der Waals surface area contributed by atoms with Gasteiger partial charge in [0.1, 0.15) is 0 Å². The van der Waals surface area contributed by atoms with Crippen LogP contribution in [0, 0.1) is 5.92 Å². The predicted octanol–water partition coefficient (Wildman–Crippen LogP) is 2.83. The molecule has 0 aromatic heterocycles. The number of benzene rings is 1. The number of piperidine rings is 1. The predicted molar refractivity (Wildman–Crippen MR) is 93.2 cm³/mol. The molecule has 0 bridgehead atoms. The van der Waals surface area contributed by atoms with Gasteiger partial charge in [0.05, 0.1) is 12.0 Å². The number of ether oxygens (including phenoxy) is 1. The topological polar surface area (TPSA) is 41.6 Å². The highest BCUT2D eigenvalue weighted by Crippen LogP contribution is 2.18. The average Bonchev–Trinajstić information content (AvgIpc) is 2.55. The molecule has 0 radical (unpaired) electrons. The summed E-state index contributed by atoms with van der Waals surface area (Å²) in [7, 11) is 0. The van der Waals surface area contributed by atoms with Crippen molar-refractivity contribution in [2.75, 3.05) is 26.2 Å². The zero-order valence-electron chi connectivity index (χ0n) is 14.5. The number of nitrogens with zero attached hydrogens (tertiary/aromatic N) is 1. The highest BCUT2D eigenvalue weighted by molar-refractivity contribution is 5.78. The number of nitrogens with one attached hydrogen (secondary N) is 1. The van der Waals surface area contributed by atoms with Crippen molar-refractivity contribution in [3.8, 4) is 0 Å². The van der Waals surface area contributed by atoms with E-state index in [2.05, 4.69) is 34.5 Å². The van der Waals surface area contributed by atoms with E-state index in [1.807, 2.05) is 19.9 Å². The third kappa shape index (κ3) is 6.71. The minimum Gasteiger partial charge on any atom is -0.379 e. The van der Waals surface area contributed by atoms with Gasteiger partial charge in [-0.25, -0.2) is 0 Å². The van der Waals surface area contributed by atoms with Crippen LogP contribution < -0.4 is 5.32 Å². The number of amides is 1. The molecule has 23 heavy (non-hydrogen) atoms. The van der Waals surface area contributed by atoms with E-state index < -0.39 is 0 Å². The van der Waals surface area contributed by atoms with Gasteiger partial charge < -0.3 is 10.1 Å². The maximum Gasteiger partial charge on any atom is 0.224 e. The lowest BCUT2D eigenvalue weighted by atomic mass is 9.96. The van der Waals surface area contributed by atoms with Gasteiger partial charge in [-0.2, -0.15) is 0 Å². The molecule has 1 aliphatic rings. The molecule has 1 fully saturated rings. The third-order valence-corrected chi connectivity index (χ3v) is 4.20. The summed E-state index contributed by atoms with van der Waals surface area (Å²) in [4.78, 5) is 14.7. The molecule has 1 aliphatic heterocycles. The summed E-state index contributed by atoms with van der Waals surface area (Å²) in [5.74, 6) is 0.325. The minimum atomic E-state index is 0.124. The van der Waals surface area contributed by atoms with Crippen molar-refractivity contribution in [2.24, 2.45) is 5.92 Å². The molecule has 0 spiro atoms. The second-order valence-corrected chi connectivity index (χ2v) is 6.62. The van der Waals surface area contributed by atoms with Gasteiger partial charge in [0.2, 0.25) is 5.91 Å². The Balaban J connectivity index is 1.69. The van der Waals surface area contributed by atoms with E-state index >= 15 is 0 Å². The number of likely N-dealkylation sites (tertiary alicyclic amines) is 1. The van der Waals surface area contributed by atoms with Crippen LogP contribution in [-0.4, -0.2) is 43.2 Å². The van der Waals surface area contributed by atoms with Crippen molar-refractivity contribution >= 4 is 5.91 Å². The highest BCUT2D eigenvalue weighted by Gasteiger charge is 2.25. The molecule has 0 unspecified atom stereocenters. The number of hydrogen-bond acceptors (Lipinski definition) is 3. The Labute approximate surface area is 140 Å². The first-order valence-electron chi connectivity index (χ1n) is 8.80. The Morgan fingerprint density at radius 3 is 2.87 bits per heavy atom. The van der Waals surface area contributed by atoms with Crippen LogP contribution in [0.15, 0.2) is 30.3 Å². The summed E-state index contributed by atoms with van der Waals surface area (Å²) in [6.45, 7) is 8.37. The lowest BCUT2D eigenvalue weighted by Gasteiger charge is -2.32. The van der Waals surface area contributed by atoms with Gasteiger partial charge in [-0.1, -0.05) is 30.3 Å². The summed E-state index contributed by atoms with van der Waals surface area (Å²) < 4.78 is 5.49. The molecule has 2 rings (SSSR count). The summed E-state index contributed by atoms with van der Waals surface area (Å²) in [5.41, 5.74) is 1.32. The fourth-order valence-corrected chi connectivity index (χ4v) is 3.00. The molecule has 1 aromatic rings. The van der Waals surface area contributed by atoms with Gasteiger partial charge in [-0.05, 0) is 45.2 Å². The van der Waals surface area contributed by atoms with Gasteiger partial charge in [0.25, 0.3) is 0 Å². The Hall–Kier alpha value is -1.39. The Bertz CT molecular complexity index is 462. The molecule has 1 saturated heterocycles. The first kappa shape index (κ1) is 18.0. The Kier molecular flexibility index (Phi) is 7.56. The fourth-order valence-electron chi connectivity index (χ4n) is 3.00. The Morgan fingerprint density at radius 2 is 2.13 bits per heavy atom. The first-order chi connectivity index (χ1) is 11.1. The largest absolute Gasteiger partial charge is 0.379 e. The quantitative estimate of drug-likeness (QED) is 0.750. The van der Waals surface area contributed by atoms with Crippen LogP contribution in [0.2, 0.25) is 0 Å². The molecule has 4 heteroatoms. The second kappa shape index (κ2) is 9.68. The average molecular weight is 318 g/mol. The molecule has 0 saturated carbocycles. The van der Waals surface area contributed by atoms with Crippen LogP contribution in [0.4, 0.5) is 0 Å². The van der Waals surface area contributed by atoms with E-state index in [0.717, 1.165) is 38.9 Å². The zero-order valence-corrected chi connectivity index (χ0v) is 14.5. The summed E-state index contributed by atoms with van der Waals surface area (Å²) in [6, 6.07) is 10.5. The van der Waals surface area contributed by atoms with Crippen LogP contribution >= 0.6 is 0 Å². The minimum absolute atomic E-state index is 0.124. The van der Waals surface area contributed by atoms with E-state index in [-0.39, 0.29) is 17.9 Å². The molecular formula is C19H30N2O2. The molecule has 1 aromatic carbocycles. The Morgan fingerprint density at radius 1 is 1.35 bits per heavy atom. The number of hydrogen-bond donors (Lipinski definition) is 1. The van der Waals surface area contributed by atoms with Crippen LogP contribution in [0.3, 0.4) is 0 Å². The maximum atomic E-state index is 12.3. The molecule has 1 N–H and O–H groups in total. The monoisotopic (exact) mass is 318 g/mol. The SMILES string of the molecule is CC(C)OCCCNC(=O)[C@@H]1CCCN(Cc2ccccc2)C1. The molecule has 1 heterocycles. The van der Waals surface area contributed by atoms with E-state index in [4.69, 9.17) is 4.74 Å². The molecule has 1 atom stereocenters. The summed E-state index contributed by atoms with van der Waals surface area (Å²) >= 11 is 0. The summed E-state index contributed by atoms with van der Waals surface area (Å²) in [5, 5.41) is 3.06. The van der Waals surface area contributed by atoms with Crippen molar-refractivity contribution in [1.29, 1.82) is 0 Å². The maximum absolute atomic E-state index is 12.3. The van der Waals surface area contributed by atoms with Crippen LogP contribution in [-0.2, 0) is 16.1 Å². The standard InChI is InChI=1S/C19H30N2O2/c1-16(2)23-13-7-11-20-19(22)18-10-6-12-21(15-18)14-17-8-4-3-5-9-17/h3-5,8-9,16,18H,6-7,10-15H2,1-2H3,(H,20,22)/t18-/m1/s1. The van der Waals surface area contributed by atoms with Crippen molar-refractivity contribution in [3.63, 3.8) is 0 Å². The third-order valence-electron chi connectivity index (χ3n) is 4.20. The van der Waals surface area contributed by atoms with Gasteiger partial charge >= 0.3 is 0 Å². The van der Waals surface area contributed by atoms with Crippen molar-refractivity contribution in [1.82, 2.24) is 10.2 Å². The van der Waals surface area contributed by atoms with E-state index in [1.54, 1.807) is 0 Å². The smallest absolute Gasteiger partial charge is 0.224 e. The van der Waals surface area contributed by atoms with Gasteiger partial charge in [0.15, 0.2) is 0 Å². The highest BCUT2D eigenvalue weighted by atomic mass is 16.5. The van der Waals surface area contributed by atoms with Crippen LogP contribution in [0.25, 0.3) is 0 Å². The van der Waals surface area contributed by atoms with Gasteiger partial charge in [-0.15, -0.1) is 0 Å². The number of carbonyl (C=O) groups is 1. The lowest BCUT2D eigenvalue weighted by molar-refractivity contribution is -0.126. The molecule has 1 amide bonds. The van der Waals surface area contributed by atoms with Crippen molar-refractivity contribution in [3.05, 3.63) is 35.9 Å². The van der Waals surface area contributed by atoms with Crippen molar-refractivity contribution < 1.29 is 9.53 Å². The molecular weight excluding hydrogens is 288 g/mol. The number of rotatable bonds is 8. The summed E-state index contributed by atoms with van der Waals surface area (Å²) in [6.07, 6.45) is 3.24. The second-order valence-electron chi connectivity index (χ2n) is 6.62.